The Labute approximate surface area is 235 Å². The van der Waals surface area contributed by atoms with Gasteiger partial charge in [0.2, 0.25) is 15.9 Å². The highest BCUT2D eigenvalue weighted by atomic mass is 32.2. The fourth-order valence-electron chi connectivity index (χ4n) is 3.78. The maximum Gasteiger partial charge on any atom is 0.264 e. The van der Waals surface area contributed by atoms with Crippen molar-refractivity contribution in [1.82, 2.24) is 4.72 Å². The zero-order valence-corrected chi connectivity index (χ0v) is 24.7. The molecule has 216 valence electrons. The number of sulfonamides is 2. The smallest absolute Gasteiger partial charge is 0.264 e. The fraction of sp³-hybridized carbons (Fsp3) is 0.296. The molecule has 11 nitrogen and oxygen atoms in total. The third kappa shape index (κ3) is 7.03. The van der Waals surface area contributed by atoms with E-state index in [1.807, 2.05) is 6.92 Å². The molecule has 3 aromatic rings. The normalized spacial score (nSPS) is 11.7. The topological polar surface area (TPSA) is 140 Å². The quantitative estimate of drug-likeness (QED) is 0.326. The number of nitrogens with zero attached hydrogens (tertiary/aromatic N) is 1. The Kier molecular flexibility index (Phi) is 9.66. The van der Waals surface area contributed by atoms with Crippen LogP contribution < -0.4 is 28.6 Å². The second-order valence-corrected chi connectivity index (χ2v) is 12.6. The monoisotopic (exact) mass is 591 g/mol. The van der Waals surface area contributed by atoms with E-state index in [1.54, 1.807) is 38.1 Å². The minimum atomic E-state index is -4.27. The van der Waals surface area contributed by atoms with E-state index in [4.69, 9.17) is 14.2 Å². The summed E-state index contributed by atoms with van der Waals surface area (Å²) in [5.41, 5.74) is 1.21. The molecule has 0 aliphatic rings. The molecular formula is C27H33N3O8S2. The summed E-state index contributed by atoms with van der Waals surface area (Å²) in [6.07, 6.45) is 0. The Morgan fingerprint density at radius 3 is 1.95 bits per heavy atom. The van der Waals surface area contributed by atoms with Crippen LogP contribution in [0.4, 0.5) is 11.4 Å². The number of ether oxygens (including phenoxy) is 3. The van der Waals surface area contributed by atoms with Crippen molar-refractivity contribution in [2.75, 3.05) is 37.5 Å². The van der Waals surface area contributed by atoms with Crippen LogP contribution in [0.1, 0.15) is 19.4 Å². The first kappa shape index (κ1) is 30.7. The number of benzene rings is 3. The molecule has 0 aliphatic carbocycles. The SMILES string of the molecule is COc1ccc(S(=O)(=O)NC(C)C)cc1NC(=O)CN(c1ccc(C)cc1)S(=O)(=O)c1ccc(OC)c(OC)c1. The second kappa shape index (κ2) is 12.6. The number of anilines is 2. The van der Waals surface area contributed by atoms with Crippen LogP contribution in [-0.2, 0) is 24.8 Å². The van der Waals surface area contributed by atoms with Gasteiger partial charge in [-0.25, -0.2) is 21.6 Å². The van der Waals surface area contributed by atoms with Crippen LogP contribution in [0.2, 0.25) is 0 Å². The standard InChI is InChI=1S/C27H33N3O8S2/c1-18(2)29-39(32,33)21-11-13-24(36-4)23(15-21)28-27(31)17-30(20-9-7-19(3)8-10-20)40(34,35)22-12-14-25(37-5)26(16-22)38-6/h7-16,18,29H,17H2,1-6H3,(H,28,31). The molecule has 0 unspecified atom stereocenters. The first-order valence-corrected chi connectivity index (χ1v) is 15.1. The van der Waals surface area contributed by atoms with Crippen molar-refractivity contribution in [2.45, 2.75) is 36.6 Å². The summed E-state index contributed by atoms with van der Waals surface area (Å²) in [6, 6.07) is 14.4. The maximum atomic E-state index is 13.8. The Bertz CT molecular complexity index is 1570. The lowest BCUT2D eigenvalue weighted by Gasteiger charge is -2.25. The molecule has 40 heavy (non-hydrogen) atoms. The molecule has 0 spiro atoms. The molecule has 0 aliphatic heterocycles. The second-order valence-electron chi connectivity index (χ2n) is 9.05. The van der Waals surface area contributed by atoms with Crippen LogP contribution in [0.15, 0.2) is 70.5 Å². The Hall–Kier alpha value is -3.81. The van der Waals surface area contributed by atoms with Gasteiger partial charge in [-0.05, 0) is 63.2 Å². The summed E-state index contributed by atoms with van der Waals surface area (Å²) < 4.78 is 72.2. The van der Waals surface area contributed by atoms with E-state index in [0.29, 0.717) is 5.75 Å². The number of rotatable bonds is 12. The van der Waals surface area contributed by atoms with Gasteiger partial charge in [0.25, 0.3) is 10.0 Å². The zero-order chi connectivity index (χ0) is 29.7. The number of nitrogens with one attached hydrogen (secondary N) is 2. The van der Waals surface area contributed by atoms with Gasteiger partial charge in [0.15, 0.2) is 11.5 Å². The molecule has 2 N–H and O–H groups in total. The Morgan fingerprint density at radius 2 is 1.38 bits per heavy atom. The number of aryl methyl sites for hydroxylation is 1. The van der Waals surface area contributed by atoms with Gasteiger partial charge in [0.1, 0.15) is 12.3 Å². The number of amides is 1. The van der Waals surface area contributed by atoms with Gasteiger partial charge in [-0.3, -0.25) is 9.10 Å². The molecular weight excluding hydrogens is 558 g/mol. The summed E-state index contributed by atoms with van der Waals surface area (Å²) in [5.74, 6) is 0.0142. The average Bonchev–Trinajstić information content (AvgIpc) is 2.91. The number of hydrogen-bond donors (Lipinski definition) is 2. The third-order valence-corrected chi connectivity index (χ3v) is 9.12. The van der Waals surface area contributed by atoms with E-state index < -0.39 is 32.5 Å². The lowest BCUT2D eigenvalue weighted by Crippen LogP contribution is -2.38. The highest BCUT2D eigenvalue weighted by molar-refractivity contribution is 7.92. The van der Waals surface area contributed by atoms with Crippen LogP contribution in [0.5, 0.6) is 17.2 Å². The molecule has 0 heterocycles. The van der Waals surface area contributed by atoms with Crippen molar-refractivity contribution in [3.05, 3.63) is 66.2 Å². The van der Waals surface area contributed by atoms with Gasteiger partial charge in [-0.2, -0.15) is 0 Å². The lowest BCUT2D eigenvalue weighted by molar-refractivity contribution is -0.114. The van der Waals surface area contributed by atoms with Crippen molar-refractivity contribution in [1.29, 1.82) is 0 Å². The van der Waals surface area contributed by atoms with Gasteiger partial charge < -0.3 is 19.5 Å². The minimum Gasteiger partial charge on any atom is -0.495 e. The first-order chi connectivity index (χ1) is 18.8. The summed E-state index contributed by atoms with van der Waals surface area (Å²) in [5, 5.41) is 2.60. The van der Waals surface area contributed by atoms with E-state index in [-0.39, 0.29) is 38.7 Å². The van der Waals surface area contributed by atoms with Crippen LogP contribution >= 0.6 is 0 Å². The molecule has 0 radical (unpaired) electrons. The Balaban J connectivity index is 2.01. The molecule has 1 amide bonds. The molecule has 0 saturated heterocycles. The van der Waals surface area contributed by atoms with Crippen molar-refractivity contribution in [3.63, 3.8) is 0 Å². The molecule has 3 rings (SSSR count). The Morgan fingerprint density at radius 1 is 0.800 bits per heavy atom. The largest absolute Gasteiger partial charge is 0.495 e. The van der Waals surface area contributed by atoms with Gasteiger partial charge in [0, 0.05) is 12.1 Å². The third-order valence-electron chi connectivity index (χ3n) is 5.70. The summed E-state index contributed by atoms with van der Waals surface area (Å²) >= 11 is 0. The van der Waals surface area contributed by atoms with Crippen molar-refractivity contribution in [3.8, 4) is 17.2 Å². The van der Waals surface area contributed by atoms with Gasteiger partial charge in [0.05, 0.1) is 42.5 Å². The predicted octanol–water partition coefficient (Wildman–Crippen LogP) is 3.54. The lowest BCUT2D eigenvalue weighted by atomic mass is 10.2. The van der Waals surface area contributed by atoms with Crippen LogP contribution in [0.3, 0.4) is 0 Å². The summed E-state index contributed by atoms with van der Waals surface area (Å²) in [6.45, 7) is 4.60. The van der Waals surface area contributed by atoms with Gasteiger partial charge in [-0.15, -0.1) is 0 Å². The van der Waals surface area contributed by atoms with Gasteiger partial charge >= 0.3 is 0 Å². The van der Waals surface area contributed by atoms with Crippen LogP contribution in [0, 0.1) is 6.92 Å². The number of hydrogen-bond acceptors (Lipinski definition) is 8. The molecule has 0 aromatic heterocycles. The highest BCUT2D eigenvalue weighted by Gasteiger charge is 2.29. The van der Waals surface area contributed by atoms with Crippen molar-refractivity contribution in [2.24, 2.45) is 0 Å². The van der Waals surface area contributed by atoms with Gasteiger partial charge in [-0.1, -0.05) is 17.7 Å². The van der Waals surface area contributed by atoms with E-state index in [0.717, 1.165) is 9.87 Å². The highest BCUT2D eigenvalue weighted by Crippen LogP contribution is 2.33. The summed E-state index contributed by atoms with van der Waals surface area (Å²) in [7, 11) is -3.96. The van der Waals surface area contributed by atoms with Crippen molar-refractivity contribution < 1.29 is 35.8 Å². The number of carbonyl (C=O) groups is 1. The molecule has 0 fully saturated rings. The first-order valence-electron chi connectivity index (χ1n) is 12.1. The van der Waals surface area contributed by atoms with Crippen LogP contribution in [0.25, 0.3) is 0 Å². The van der Waals surface area contributed by atoms with E-state index in [2.05, 4.69) is 10.0 Å². The fourth-order valence-corrected chi connectivity index (χ4v) is 6.49. The molecule has 13 heteroatoms. The maximum absolute atomic E-state index is 13.8. The van der Waals surface area contributed by atoms with Crippen molar-refractivity contribution >= 4 is 37.3 Å². The predicted molar refractivity (Wildman–Crippen MR) is 152 cm³/mol. The molecule has 3 aromatic carbocycles. The minimum absolute atomic E-state index is 0.0616. The zero-order valence-electron chi connectivity index (χ0n) is 23.1. The van der Waals surface area contributed by atoms with E-state index in [1.165, 1.54) is 57.7 Å². The van der Waals surface area contributed by atoms with E-state index in [9.17, 15) is 21.6 Å². The summed E-state index contributed by atoms with van der Waals surface area (Å²) in [4.78, 5) is 13.1. The molecule has 0 bridgehead atoms. The number of carbonyl (C=O) groups excluding carboxylic acids is 1. The number of methoxy groups -OCH3 is 3. The molecule has 0 saturated carbocycles. The molecule has 0 atom stereocenters. The van der Waals surface area contributed by atoms with Crippen LogP contribution in [-0.4, -0.2) is 56.7 Å². The van der Waals surface area contributed by atoms with E-state index >= 15 is 0 Å². The average molecular weight is 592 g/mol.